The third kappa shape index (κ3) is 4.15. The van der Waals surface area contributed by atoms with E-state index in [1.165, 1.54) is 43.7 Å². The van der Waals surface area contributed by atoms with Crippen molar-refractivity contribution in [3.63, 3.8) is 0 Å². The van der Waals surface area contributed by atoms with Crippen molar-refractivity contribution in [2.75, 3.05) is 18.1 Å². The van der Waals surface area contributed by atoms with Crippen LogP contribution in [0.5, 0.6) is 0 Å². The van der Waals surface area contributed by atoms with Gasteiger partial charge in [0.05, 0.1) is 0 Å². The predicted octanol–water partition coefficient (Wildman–Crippen LogP) is 2.73. The van der Waals surface area contributed by atoms with E-state index in [-0.39, 0.29) is 0 Å². The summed E-state index contributed by atoms with van der Waals surface area (Å²) in [6, 6.07) is 3.16. The van der Waals surface area contributed by atoms with E-state index >= 15 is 0 Å². The minimum atomic E-state index is 0.686. The molecule has 2 rings (SSSR count). The average Bonchev–Trinajstić information content (AvgIpc) is 3.05. The second-order valence-electron chi connectivity index (χ2n) is 5.76. The molecule has 1 saturated carbocycles. The van der Waals surface area contributed by atoms with Crippen LogP contribution >= 0.6 is 11.8 Å². The van der Waals surface area contributed by atoms with Crippen molar-refractivity contribution in [3.8, 4) is 0 Å². The molecule has 0 aromatic heterocycles. The molecule has 0 amide bonds. The first-order valence-electron chi connectivity index (χ1n) is 7.30. The quantitative estimate of drug-likeness (QED) is 0.705. The molecule has 2 aliphatic rings. The molecule has 1 N–H and O–H groups in total. The van der Waals surface area contributed by atoms with E-state index < -0.39 is 0 Å². The van der Waals surface area contributed by atoms with Gasteiger partial charge in [-0.15, -0.1) is 0 Å². The summed E-state index contributed by atoms with van der Waals surface area (Å²) in [6.45, 7) is 8.28. The van der Waals surface area contributed by atoms with Gasteiger partial charge in [-0.1, -0.05) is 6.92 Å². The molecule has 1 aliphatic carbocycles. The molecule has 17 heavy (non-hydrogen) atoms. The number of hydrogen-bond acceptors (Lipinski definition) is 3. The number of thioether (sulfide) groups is 1. The van der Waals surface area contributed by atoms with E-state index in [0.29, 0.717) is 6.04 Å². The Kier molecular flexibility index (Phi) is 5.19. The smallest absolute Gasteiger partial charge is 0.0212 e. The Hall–Kier alpha value is 0.270. The molecule has 1 saturated heterocycles. The largest absolute Gasteiger partial charge is 0.310 e. The summed E-state index contributed by atoms with van der Waals surface area (Å²) in [6.07, 6.45) is 5.55. The van der Waals surface area contributed by atoms with Gasteiger partial charge in [0.25, 0.3) is 0 Å². The molecule has 1 aliphatic heterocycles. The Balaban J connectivity index is 1.65. The van der Waals surface area contributed by atoms with Crippen LogP contribution in [-0.4, -0.2) is 47.1 Å². The van der Waals surface area contributed by atoms with Crippen LogP contribution in [0, 0.1) is 0 Å². The first-order chi connectivity index (χ1) is 8.20. The predicted molar refractivity (Wildman–Crippen MR) is 77.8 cm³/mol. The third-order valence-electron chi connectivity index (χ3n) is 4.06. The number of nitrogens with one attached hydrogen (secondary N) is 1. The zero-order chi connectivity index (χ0) is 12.3. The van der Waals surface area contributed by atoms with E-state index in [0.717, 1.165) is 18.1 Å². The topological polar surface area (TPSA) is 15.3 Å². The molecule has 0 aromatic carbocycles. The van der Waals surface area contributed by atoms with Crippen LogP contribution in [0.15, 0.2) is 0 Å². The lowest BCUT2D eigenvalue weighted by atomic mass is 10.1. The Bertz CT molecular complexity index is 230. The lowest BCUT2D eigenvalue weighted by molar-refractivity contribution is 0.254. The van der Waals surface area contributed by atoms with Gasteiger partial charge in [0.2, 0.25) is 0 Å². The summed E-state index contributed by atoms with van der Waals surface area (Å²) in [7, 11) is 0. The Labute approximate surface area is 111 Å². The summed E-state index contributed by atoms with van der Waals surface area (Å²) in [5, 5.41) is 3.83. The fourth-order valence-corrected chi connectivity index (χ4v) is 3.79. The van der Waals surface area contributed by atoms with E-state index in [1.807, 2.05) is 0 Å². The Morgan fingerprint density at radius 3 is 2.82 bits per heavy atom. The van der Waals surface area contributed by atoms with Crippen LogP contribution < -0.4 is 5.32 Å². The van der Waals surface area contributed by atoms with Crippen LogP contribution in [0.3, 0.4) is 0 Å². The molecule has 0 spiro atoms. The molecule has 0 radical (unpaired) electrons. The molecule has 2 nitrogen and oxygen atoms in total. The lowest BCUT2D eigenvalue weighted by Gasteiger charge is -2.21. The van der Waals surface area contributed by atoms with Crippen molar-refractivity contribution in [1.29, 1.82) is 0 Å². The molecular formula is C14H28N2S. The highest BCUT2D eigenvalue weighted by atomic mass is 32.2. The van der Waals surface area contributed by atoms with E-state index in [9.17, 15) is 0 Å². The van der Waals surface area contributed by atoms with Crippen molar-refractivity contribution >= 4 is 11.8 Å². The van der Waals surface area contributed by atoms with Gasteiger partial charge in [0.1, 0.15) is 0 Å². The molecule has 100 valence electrons. The zero-order valence-electron chi connectivity index (χ0n) is 11.6. The monoisotopic (exact) mass is 256 g/mol. The molecule has 1 heterocycles. The Morgan fingerprint density at radius 1 is 1.41 bits per heavy atom. The molecule has 3 unspecified atom stereocenters. The fraction of sp³-hybridized carbons (Fsp3) is 1.00. The van der Waals surface area contributed by atoms with Crippen LogP contribution in [-0.2, 0) is 0 Å². The van der Waals surface area contributed by atoms with Crippen LogP contribution in [0.4, 0.5) is 0 Å². The second-order valence-corrected chi connectivity index (χ2v) is 7.16. The highest BCUT2D eigenvalue weighted by Crippen LogP contribution is 2.33. The average molecular weight is 256 g/mol. The minimum absolute atomic E-state index is 0.686. The van der Waals surface area contributed by atoms with Gasteiger partial charge in [0, 0.05) is 30.7 Å². The van der Waals surface area contributed by atoms with Gasteiger partial charge in [-0.05, 0) is 51.0 Å². The molecule has 2 fully saturated rings. The number of nitrogens with zero attached hydrogens (tertiary/aromatic N) is 1. The normalized spacial score (nSPS) is 31.9. The van der Waals surface area contributed by atoms with Gasteiger partial charge in [-0.2, -0.15) is 11.8 Å². The highest BCUT2D eigenvalue weighted by Gasteiger charge is 2.38. The van der Waals surface area contributed by atoms with Gasteiger partial charge < -0.3 is 5.32 Å². The highest BCUT2D eigenvalue weighted by molar-refractivity contribution is 7.99. The van der Waals surface area contributed by atoms with Crippen LogP contribution in [0.1, 0.15) is 46.5 Å². The summed E-state index contributed by atoms with van der Waals surface area (Å²) < 4.78 is 0. The summed E-state index contributed by atoms with van der Waals surface area (Å²) in [4.78, 5) is 2.73. The molecular weight excluding hydrogens is 228 g/mol. The van der Waals surface area contributed by atoms with Crippen molar-refractivity contribution in [1.82, 2.24) is 10.2 Å². The molecule has 0 aromatic rings. The van der Waals surface area contributed by atoms with E-state index in [2.05, 4.69) is 42.7 Å². The SMILES string of the molecule is CCSCCC(C)NC1CC(C)N(C2CC2)C1. The first-order valence-corrected chi connectivity index (χ1v) is 8.45. The molecule has 3 atom stereocenters. The number of hydrogen-bond donors (Lipinski definition) is 1. The zero-order valence-corrected chi connectivity index (χ0v) is 12.4. The number of likely N-dealkylation sites (tertiary alicyclic amines) is 1. The first kappa shape index (κ1) is 13.7. The molecule has 3 heteroatoms. The van der Waals surface area contributed by atoms with Crippen molar-refractivity contribution in [2.45, 2.75) is 70.6 Å². The summed E-state index contributed by atoms with van der Waals surface area (Å²) >= 11 is 2.06. The van der Waals surface area contributed by atoms with Gasteiger partial charge >= 0.3 is 0 Å². The standard InChI is InChI=1S/C14H28N2S/c1-4-17-8-7-11(2)15-13-9-12(3)16(10-13)14-5-6-14/h11-15H,4-10H2,1-3H3. The Morgan fingerprint density at radius 2 is 2.18 bits per heavy atom. The van der Waals surface area contributed by atoms with Crippen LogP contribution in [0.25, 0.3) is 0 Å². The van der Waals surface area contributed by atoms with Gasteiger partial charge in [0.15, 0.2) is 0 Å². The number of rotatable bonds is 7. The van der Waals surface area contributed by atoms with Crippen LogP contribution in [0.2, 0.25) is 0 Å². The van der Waals surface area contributed by atoms with Crippen molar-refractivity contribution < 1.29 is 0 Å². The maximum atomic E-state index is 3.83. The van der Waals surface area contributed by atoms with E-state index in [1.54, 1.807) is 0 Å². The lowest BCUT2D eigenvalue weighted by Crippen LogP contribution is -2.39. The van der Waals surface area contributed by atoms with E-state index in [4.69, 9.17) is 0 Å². The van der Waals surface area contributed by atoms with Gasteiger partial charge in [-0.3, -0.25) is 4.90 Å². The maximum Gasteiger partial charge on any atom is 0.0212 e. The summed E-state index contributed by atoms with van der Waals surface area (Å²) in [5.74, 6) is 2.56. The fourth-order valence-electron chi connectivity index (χ4n) is 2.98. The third-order valence-corrected chi connectivity index (χ3v) is 4.99. The van der Waals surface area contributed by atoms with Crippen molar-refractivity contribution in [2.24, 2.45) is 0 Å². The summed E-state index contributed by atoms with van der Waals surface area (Å²) in [5.41, 5.74) is 0. The van der Waals surface area contributed by atoms with Gasteiger partial charge in [-0.25, -0.2) is 0 Å². The molecule has 0 bridgehead atoms. The maximum absolute atomic E-state index is 3.83. The second kappa shape index (κ2) is 6.44. The van der Waals surface area contributed by atoms with Crippen molar-refractivity contribution in [3.05, 3.63) is 0 Å². The minimum Gasteiger partial charge on any atom is -0.310 e.